The van der Waals surface area contributed by atoms with E-state index in [2.05, 4.69) is 9.34 Å². The lowest BCUT2D eigenvalue weighted by molar-refractivity contribution is 0.353. The van der Waals surface area contributed by atoms with Crippen molar-refractivity contribution in [3.8, 4) is 17.2 Å². The molecule has 0 aliphatic carbocycles. The molecule has 0 saturated heterocycles. The van der Waals surface area contributed by atoms with Crippen molar-refractivity contribution in [2.45, 2.75) is 13.3 Å². The number of rotatable bonds is 4. The molecule has 0 unspecified atom stereocenters. The highest BCUT2D eigenvalue weighted by molar-refractivity contribution is 7.81. The van der Waals surface area contributed by atoms with Gasteiger partial charge in [-0.1, -0.05) is 31.2 Å². The SMILES string of the molecule is CCc1ccccc1-c1cc(OS(=O)(=O)O)no1. The van der Waals surface area contributed by atoms with E-state index >= 15 is 0 Å². The van der Waals surface area contributed by atoms with Gasteiger partial charge in [-0.3, -0.25) is 4.55 Å². The molecule has 0 bridgehead atoms. The summed E-state index contributed by atoms with van der Waals surface area (Å²) in [6.07, 6.45) is 0.797. The third-order valence-electron chi connectivity index (χ3n) is 2.34. The van der Waals surface area contributed by atoms with E-state index in [1.807, 2.05) is 31.2 Å². The minimum absolute atomic E-state index is 0.307. The molecule has 0 saturated carbocycles. The lowest BCUT2D eigenvalue weighted by atomic mass is 10.0. The number of aryl methyl sites for hydroxylation is 1. The lowest BCUT2D eigenvalue weighted by Crippen LogP contribution is -2.06. The summed E-state index contributed by atoms with van der Waals surface area (Å²) in [6, 6.07) is 8.80. The zero-order valence-electron chi connectivity index (χ0n) is 9.53. The molecule has 0 spiro atoms. The van der Waals surface area contributed by atoms with Crippen molar-refractivity contribution in [1.82, 2.24) is 5.16 Å². The van der Waals surface area contributed by atoms with E-state index in [0.717, 1.165) is 17.5 Å². The maximum Gasteiger partial charge on any atom is 0.448 e. The summed E-state index contributed by atoms with van der Waals surface area (Å²) in [6.45, 7) is 1.99. The van der Waals surface area contributed by atoms with Crippen molar-refractivity contribution in [2.24, 2.45) is 0 Å². The molecule has 2 rings (SSSR count). The molecule has 0 atom stereocenters. The summed E-state index contributed by atoms with van der Waals surface area (Å²) in [4.78, 5) is 0. The summed E-state index contributed by atoms with van der Waals surface area (Å²) < 4.78 is 38.8. The van der Waals surface area contributed by atoms with Crippen molar-refractivity contribution in [3.05, 3.63) is 35.9 Å². The highest BCUT2D eigenvalue weighted by Gasteiger charge is 2.14. The molecule has 0 aliphatic rings. The van der Waals surface area contributed by atoms with Gasteiger partial charge in [0.2, 0.25) is 0 Å². The predicted molar refractivity (Wildman–Crippen MR) is 63.5 cm³/mol. The van der Waals surface area contributed by atoms with Crippen LogP contribution in [-0.4, -0.2) is 18.1 Å². The largest absolute Gasteiger partial charge is 0.448 e. The molecule has 0 radical (unpaired) electrons. The average molecular weight is 269 g/mol. The fraction of sp³-hybridized carbons (Fsp3) is 0.182. The maximum absolute atomic E-state index is 10.5. The molecule has 0 amide bonds. The zero-order chi connectivity index (χ0) is 13.2. The molecule has 7 heteroatoms. The molecule has 6 nitrogen and oxygen atoms in total. The Morgan fingerprint density at radius 1 is 1.39 bits per heavy atom. The molecule has 1 heterocycles. The van der Waals surface area contributed by atoms with Crippen LogP contribution in [0.25, 0.3) is 11.3 Å². The third-order valence-corrected chi connectivity index (χ3v) is 2.72. The van der Waals surface area contributed by atoms with Crippen molar-refractivity contribution >= 4 is 10.4 Å². The molecular formula is C11H11NO5S. The van der Waals surface area contributed by atoms with E-state index in [-0.39, 0.29) is 5.88 Å². The van der Waals surface area contributed by atoms with Crippen LogP contribution in [-0.2, 0) is 16.8 Å². The second-order valence-corrected chi connectivity index (χ2v) is 4.57. The first-order valence-corrected chi connectivity index (χ1v) is 6.58. The molecule has 1 aromatic carbocycles. The van der Waals surface area contributed by atoms with Crippen LogP contribution in [0.1, 0.15) is 12.5 Å². The summed E-state index contributed by atoms with van der Waals surface area (Å²) in [5, 5.41) is 3.42. The van der Waals surface area contributed by atoms with E-state index in [0.29, 0.717) is 5.76 Å². The quantitative estimate of drug-likeness (QED) is 0.855. The zero-order valence-corrected chi connectivity index (χ0v) is 10.3. The van der Waals surface area contributed by atoms with Crippen molar-refractivity contribution in [3.63, 3.8) is 0 Å². The Labute approximate surface area is 104 Å². The van der Waals surface area contributed by atoms with Crippen molar-refractivity contribution in [2.75, 3.05) is 0 Å². The number of benzene rings is 1. The van der Waals surface area contributed by atoms with Gasteiger partial charge >= 0.3 is 10.4 Å². The van der Waals surface area contributed by atoms with Gasteiger partial charge in [0.05, 0.1) is 6.07 Å². The molecule has 96 valence electrons. The highest BCUT2D eigenvalue weighted by Crippen LogP contribution is 2.27. The van der Waals surface area contributed by atoms with Crippen LogP contribution < -0.4 is 4.18 Å². The molecule has 0 aliphatic heterocycles. The van der Waals surface area contributed by atoms with Gasteiger partial charge in [-0.05, 0) is 17.1 Å². The van der Waals surface area contributed by atoms with Gasteiger partial charge in [0.15, 0.2) is 5.76 Å². The Bertz CT molecular complexity index is 647. The number of nitrogens with zero attached hydrogens (tertiary/aromatic N) is 1. The minimum Gasteiger partial charge on any atom is -0.352 e. The first-order valence-electron chi connectivity index (χ1n) is 5.21. The van der Waals surface area contributed by atoms with E-state index < -0.39 is 10.4 Å². The minimum atomic E-state index is -4.58. The molecule has 2 aromatic rings. The summed E-state index contributed by atoms with van der Waals surface area (Å²) in [5.74, 6) is 0.0736. The van der Waals surface area contributed by atoms with E-state index in [4.69, 9.17) is 9.08 Å². The summed E-state index contributed by atoms with van der Waals surface area (Å²) in [7, 11) is -4.58. The van der Waals surface area contributed by atoms with E-state index in [9.17, 15) is 8.42 Å². The van der Waals surface area contributed by atoms with E-state index in [1.54, 1.807) is 0 Å². The maximum atomic E-state index is 10.5. The van der Waals surface area contributed by atoms with Gasteiger partial charge in [-0.2, -0.15) is 8.42 Å². The van der Waals surface area contributed by atoms with Crippen LogP contribution >= 0.6 is 0 Å². The molecule has 1 aromatic heterocycles. The Hall–Kier alpha value is -1.86. The average Bonchev–Trinajstić information content (AvgIpc) is 2.75. The van der Waals surface area contributed by atoms with Crippen LogP contribution in [0.4, 0.5) is 0 Å². The van der Waals surface area contributed by atoms with Crippen LogP contribution in [0.15, 0.2) is 34.9 Å². The molecular weight excluding hydrogens is 258 g/mol. The second-order valence-electron chi connectivity index (χ2n) is 3.55. The van der Waals surface area contributed by atoms with Gasteiger partial charge in [0.25, 0.3) is 5.88 Å². The first-order chi connectivity index (χ1) is 8.49. The van der Waals surface area contributed by atoms with Gasteiger partial charge in [-0.25, -0.2) is 0 Å². The molecule has 1 N–H and O–H groups in total. The lowest BCUT2D eigenvalue weighted by Gasteiger charge is -2.02. The van der Waals surface area contributed by atoms with E-state index in [1.165, 1.54) is 6.07 Å². The number of hydrogen-bond acceptors (Lipinski definition) is 5. The first kappa shape index (κ1) is 12.6. The Kier molecular flexibility index (Phi) is 3.35. The Balaban J connectivity index is 2.35. The highest BCUT2D eigenvalue weighted by atomic mass is 32.3. The fourth-order valence-electron chi connectivity index (χ4n) is 1.60. The van der Waals surface area contributed by atoms with Gasteiger partial charge in [-0.15, -0.1) is 0 Å². The smallest absolute Gasteiger partial charge is 0.352 e. The van der Waals surface area contributed by atoms with Crippen LogP contribution in [0, 0.1) is 0 Å². The topological polar surface area (TPSA) is 89.6 Å². The van der Waals surface area contributed by atoms with Crippen LogP contribution in [0.5, 0.6) is 5.88 Å². The normalized spacial score (nSPS) is 11.4. The van der Waals surface area contributed by atoms with Gasteiger partial charge < -0.3 is 8.71 Å². The molecule has 0 fully saturated rings. The molecule has 18 heavy (non-hydrogen) atoms. The summed E-state index contributed by atoms with van der Waals surface area (Å²) in [5.41, 5.74) is 1.84. The Morgan fingerprint density at radius 2 is 2.11 bits per heavy atom. The van der Waals surface area contributed by atoms with Crippen LogP contribution in [0.3, 0.4) is 0 Å². The number of aromatic nitrogens is 1. The Morgan fingerprint density at radius 3 is 2.78 bits per heavy atom. The van der Waals surface area contributed by atoms with Crippen molar-refractivity contribution < 1.29 is 21.7 Å². The van der Waals surface area contributed by atoms with Gasteiger partial charge in [0, 0.05) is 5.56 Å². The standard InChI is InChI=1S/C11H11NO5S/c1-2-8-5-3-4-6-9(8)10-7-11(12-16-10)17-18(13,14)15/h3-7H,2H2,1H3,(H,13,14,15). The summed E-state index contributed by atoms with van der Waals surface area (Å²) >= 11 is 0. The third kappa shape index (κ3) is 2.88. The predicted octanol–water partition coefficient (Wildman–Crippen LogP) is 2.09. The van der Waals surface area contributed by atoms with Crippen molar-refractivity contribution in [1.29, 1.82) is 0 Å². The number of hydrogen-bond donors (Lipinski definition) is 1. The van der Waals surface area contributed by atoms with Crippen LogP contribution in [0.2, 0.25) is 0 Å². The second kappa shape index (κ2) is 4.79. The van der Waals surface area contributed by atoms with Gasteiger partial charge in [0.1, 0.15) is 0 Å². The fourth-order valence-corrected chi connectivity index (χ4v) is 1.90. The monoisotopic (exact) mass is 269 g/mol.